The summed E-state index contributed by atoms with van der Waals surface area (Å²) < 4.78 is 36.7. The second kappa shape index (κ2) is 9.21. The Morgan fingerprint density at radius 1 is 1.00 bits per heavy atom. The van der Waals surface area contributed by atoms with E-state index in [1.54, 1.807) is 62.8 Å². The third-order valence-corrected chi connectivity index (χ3v) is 4.96. The van der Waals surface area contributed by atoms with Gasteiger partial charge in [0.05, 0.1) is 20.0 Å². The third-order valence-electron chi connectivity index (χ3n) is 3.64. The van der Waals surface area contributed by atoms with E-state index in [0.717, 1.165) is 5.56 Å². The zero-order valence-electron chi connectivity index (χ0n) is 14.7. The Hall–Kier alpha value is -2.58. The van der Waals surface area contributed by atoms with Crippen LogP contribution in [0.3, 0.4) is 0 Å². The lowest BCUT2D eigenvalue weighted by atomic mass is 10.2. The average Bonchev–Trinajstić information content (AvgIpc) is 2.66. The van der Waals surface area contributed by atoms with Crippen LogP contribution >= 0.6 is 0 Å². The molecule has 0 aliphatic rings. The van der Waals surface area contributed by atoms with Gasteiger partial charge in [-0.1, -0.05) is 12.1 Å². The highest BCUT2D eigenvalue weighted by Crippen LogP contribution is 2.12. The van der Waals surface area contributed by atoms with Crippen molar-refractivity contribution in [3.8, 4) is 11.5 Å². The summed E-state index contributed by atoms with van der Waals surface area (Å²) in [5.41, 5.74) is 1.22. The number of sulfonamides is 1. The lowest BCUT2D eigenvalue weighted by molar-refractivity contribution is 0.0956. The van der Waals surface area contributed by atoms with E-state index in [9.17, 15) is 13.2 Å². The summed E-state index contributed by atoms with van der Waals surface area (Å²) in [7, 11) is -0.423. The van der Waals surface area contributed by atoms with Gasteiger partial charge in [0.15, 0.2) is 0 Å². The Balaban J connectivity index is 1.80. The molecular formula is C18H22N2O5S. The normalized spacial score (nSPS) is 11.0. The van der Waals surface area contributed by atoms with E-state index < -0.39 is 10.0 Å². The number of methoxy groups -OCH3 is 2. The van der Waals surface area contributed by atoms with Gasteiger partial charge in [0.1, 0.15) is 11.5 Å². The van der Waals surface area contributed by atoms with E-state index in [0.29, 0.717) is 17.1 Å². The lowest BCUT2D eigenvalue weighted by Crippen LogP contribution is -2.34. The summed E-state index contributed by atoms with van der Waals surface area (Å²) in [6.45, 7) is 0.171. The van der Waals surface area contributed by atoms with E-state index in [4.69, 9.17) is 9.47 Å². The molecule has 8 heteroatoms. The van der Waals surface area contributed by atoms with Crippen LogP contribution in [0.1, 0.15) is 15.9 Å². The first kappa shape index (κ1) is 19.7. The van der Waals surface area contributed by atoms with Gasteiger partial charge >= 0.3 is 0 Å². The van der Waals surface area contributed by atoms with Crippen LogP contribution in [0.4, 0.5) is 0 Å². The Bertz CT molecular complexity index is 835. The quantitative estimate of drug-likeness (QED) is 0.691. The van der Waals surface area contributed by atoms with Gasteiger partial charge in [-0.3, -0.25) is 4.79 Å². The fourth-order valence-corrected chi connectivity index (χ4v) is 3.09. The summed E-state index contributed by atoms with van der Waals surface area (Å²) in [4.78, 5) is 12.0. The summed E-state index contributed by atoms with van der Waals surface area (Å²) in [5.74, 6) is 0.758. The van der Waals surface area contributed by atoms with Crippen LogP contribution in [-0.4, -0.2) is 40.8 Å². The summed E-state index contributed by atoms with van der Waals surface area (Å²) in [6.07, 6.45) is 0. The molecular weight excluding hydrogens is 356 g/mol. The van der Waals surface area contributed by atoms with Crippen LogP contribution in [0.2, 0.25) is 0 Å². The number of ether oxygens (including phenoxy) is 2. The van der Waals surface area contributed by atoms with Crippen molar-refractivity contribution >= 4 is 15.9 Å². The van der Waals surface area contributed by atoms with Crippen LogP contribution in [0.5, 0.6) is 11.5 Å². The third kappa shape index (κ3) is 6.05. The summed E-state index contributed by atoms with van der Waals surface area (Å²) in [5, 5.41) is 2.59. The van der Waals surface area contributed by atoms with E-state index in [1.807, 2.05) is 0 Å². The molecule has 0 atom stereocenters. The number of nitrogens with one attached hydrogen (secondary N) is 2. The fraction of sp³-hybridized carbons (Fsp3) is 0.278. The second-order valence-corrected chi connectivity index (χ2v) is 7.40. The molecule has 26 heavy (non-hydrogen) atoms. The van der Waals surface area contributed by atoms with Crippen LogP contribution in [0.15, 0.2) is 48.5 Å². The van der Waals surface area contributed by atoms with E-state index >= 15 is 0 Å². The van der Waals surface area contributed by atoms with Crippen molar-refractivity contribution in [1.82, 2.24) is 10.0 Å². The molecule has 0 heterocycles. The van der Waals surface area contributed by atoms with Crippen molar-refractivity contribution in [2.75, 3.05) is 26.5 Å². The van der Waals surface area contributed by atoms with E-state index in [1.165, 1.54) is 0 Å². The van der Waals surface area contributed by atoms with Crippen molar-refractivity contribution in [2.24, 2.45) is 0 Å². The molecule has 0 spiro atoms. The summed E-state index contributed by atoms with van der Waals surface area (Å²) >= 11 is 0. The second-order valence-electron chi connectivity index (χ2n) is 5.48. The molecule has 2 N–H and O–H groups in total. The Kier molecular flexibility index (Phi) is 6.99. The number of carbonyl (C=O) groups excluding carboxylic acids is 1. The SMILES string of the molecule is COc1ccc(C(=O)NCCS(=O)(=O)NCc2cccc(OC)c2)cc1. The van der Waals surface area contributed by atoms with E-state index in [2.05, 4.69) is 10.0 Å². The van der Waals surface area contributed by atoms with Crippen molar-refractivity contribution in [3.05, 3.63) is 59.7 Å². The first-order valence-corrected chi connectivity index (χ1v) is 9.61. The Morgan fingerprint density at radius 3 is 2.35 bits per heavy atom. The van der Waals surface area contributed by atoms with Gasteiger partial charge in [0, 0.05) is 18.7 Å². The van der Waals surface area contributed by atoms with Gasteiger partial charge < -0.3 is 14.8 Å². The minimum absolute atomic E-state index is 0.0122. The molecule has 0 saturated heterocycles. The number of hydrogen-bond acceptors (Lipinski definition) is 5. The number of rotatable bonds is 9. The highest BCUT2D eigenvalue weighted by molar-refractivity contribution is 7.89. The number of hydrogen-bond donors (Lipinski definition) is 2. The topological polar surface area (TPSA) is 93.7 Å². The van der Waals surface area contributed by atoms with Crippen LogP contribution < -0.4 is 19.5 Å². The maximum atomic E-state index is 12.0. The monoisotopic (exact) mass is 378 g/mol. The van der Waals surface area contributed by atoms with Gasteiger partial charge in [-0.25, -0.2) is 13.1 Å². The number of amides is 1. The lowest BCUT2D eigenvalue weighted by Gasteiger charge is -2.09. The van der Waals surface area contributed by atoms with Crippen molar-refractivity contribution in [2.45, 2.75) is 6.54 Å². The van der Waals surface area contributed by atoms with Gasteiger partial charge in [-0.05, 0) is 42.0 Å². The van der Waals surface area contributed by atoms with Crippen LogP contribution in [0.25, 0.3) is 0 Å². The Labute approximate surface area is 153 Å². The van der Waals surface area contributed by atoms with Crippen LogP contribution in [-0.2, 0) is 16.6 Å². The first-order valence-electron chi connectivity index (χ1n) is 7.96. The highest BCUT2D eigenvalue weighted by Gasteiger charge is 2.12. The molecule has 0 aliphatic carbocycles. The molecule has 0 radical (unpaired) electrons. The molecule has 0 saturated carbocycles. The Morgan fingerprint density at radius 2 is 1.69 bits per heavy atom. The molecule has 1 amide bonds. The largest absolute Gasteiger partial charge is 0.497 e. The molecule has 0 bridgehead atoms. The molecule has 0 unspecified atom stereocenters. The molecule has 2 rings (SSSR count). The molecule has 2 aromatic rings. The minimum atomic E-state index is -3.51. The fourth-order valence-electron chi connectivity index (χ4n) is 2.19. The predicted octanol–water partition coefficient (Wildman–Crippen LogP) is 1.55. The first-order chi connectivity index (χ1) is 12.4. The van der Waals surface area contributed by atoms with Crippen molar-refractivity contribution < 1.29 is 22.7 Å². The van der Waals surface area contributed by atoms with Crippen molar-refractivity contribution in [3.63, 3.8) is 0 Å². The molecule has 0 aliphatic heterocycles. The van der Waals surface area contributed by atoms with Gasteiger partial charge in [-0.15, -0.1) is 0 Å². The number of benzene rings is 2. The van der Waals surface area contributed by atoms with Crippen LogP contribution in [0, 0.1) is 0 Å². The molecule has 7 nitrogen and oxygen atoms in total. The molecule has 2 aromatic carbocycles. The standard InChI is InChI=1S/C18H22N2O5S/c1-24-16-8-6-15(7-9-16)18(21)19-10-11-26(22,23)20-13-14-4-3-5-17(12-14)25-2/h3-9,12,20H,10-11,13H2,1-2H3,(H,19,21). The molecule has 0 fully saturated rings. The zero-order valence-corrected chi connectivity index (χ0v) is 15.5. The van der Waals surface area contributed by atoms with E-state index in [-0.39, 0.29) is 24.7 Å². The minimum Gasteiger partial charge on any atom is -0.497 e. The van der Waals surface area contributed by atoms with Gasteiger partial charge in [-0.2, -0.15) is 0 Å². The maximum Gasteiger partial charge on any atom is 0.251 e. The van der Waals surface area contributed by atoms with Gasteiger partial charge in [0.2, 0.25) is 10.0 Å². The summed E-state index contributed by atoms with van der Waals surface area (Å²) in [6, 6.07) is 13.7. The predicted molar refractivity (Wildman–Crippen MR) is 98.9 cm³/mol. The molecule has 140 valence electrons. The van der Waals surface area contributed by atoms with Crippen molar-refractivity contribution in [1.29, 1.82) is 0 Å². The highest BCUT2D eigenvalue weighted by atomic mass is 32.2. The van der Waals surface area contributed by atoms with Gasteiger partial charge in [0.25, 0.3) is 5.91 Å². The average molecular weight is 378 g/mol. The maximum absolute atomic E-state index is 12.0. The smallest absolute Gasteiger partial charge is 0.251 e. The number of carbonyl (C=O) groups is 1. The molecule has 0 aromatic heterocycles. The zero-order chi connectivity index (χ0) is 19.0.